The van der Waals surface area contributed by atoms with Crippen LogP contribution in [-0.2, 0) is 10.6 Å². The second-order valence-electron chi connectivity index (χ2n) is 3.15. The summed E-state index contributed by atoms with van der Waals surface area (Å²) in [6, 6.07) is 8.33. The van der Waals surface area contributed by atoms with Gasteiger partial charge in [0.25, 0.3) is 0 Å². The highest BCUT2D eigenvalue weighted by atomic mass is 16.5. The van der Waals surface area contributed by atoms with E-state index in [-0.39, 0.29) is 12.8 Å². The minimum atomic E-state index is -1.98. The molecule has 0 spiro atoms. The average molecular weight is 195 g/mol. The molecule has 0 radical (unpaired) electrons. The summed E-state index contributed by atoms with van der Waals surface area (Å²) in [5, 5.41) is 19.2. The predicted octanol–water partition coefficient (Wildman–Crippen LogP) is 0.0895. The number of hydrogen-bond donors (Lipinski definition) is 3. The lowest BCUT2D eigenvalue weighted by molar-refractivity contribution is -0.176. The Hall–Kier alpha value is -1.39. The Bertz CT molecular complexity index is 308. The van der Waals surface area contributed by atoms with E-state index in [1.54, 1.807) is 30.3 Å². The van der Waals surface area contributed by atoms with Gasteiger partial charge in [0.1, 0.15) is 0 Å². The minimum Gasteiger partial charge on any atom is -0.370 e. The molecule has 0 aromatic heterocycles. The van der Waals surface area contributed by atoms with E-state index in [2.05, 4.69) is 0 Å². The van der Waals surface area contributed by atoms with Gasteiger partial charge < -0.3 is 15.9 Å². The molecule has 1 aromatic carbocycles. The summed E-state index contributed by atoms with van der Waals surface area (Å²) in [7, 11) is 0. The molecular weight excluding hydrogens is 182 g/mol. The molecule has 0 unspecified atom stereocenters. The summed E-state index contributed by atoms with van der Waals surface area (Å²) in [6.07, 6.45) is -0.145. The van der Waals surface area contributed by atoms with Gasteiger partial charge >= 0.3 is 0 Å². The van der Waals surface area contributed by atoms with Gasteiger partial charge in [-0.15, -0.1) is 0 Å². The zero-order valence-corrected chi connectivity index (χ0v) is 7.68. The molecule has 0 aliphatic rings. The zero-order valence-electron chi connectivity index (χ0n) is 7.68. The second kappa shape index (κ2) is 4.21. The molecule has 4 heteroatoms. The van der Waals surface area contributed by atoms with Crippen LogP contribution in [0.5, 0.6) is 0 Å². The Morgan fingerprint density at radius 1 is 1.29 bits per heavy atom. The molecule has 0 heterocycles. The Kier molecular flexibility index (Phi) is 3.22. The molecule has 1 amide bonds. The second-order valence-corrected chi connectivity index (χ2v) is 3.15. The number of carbonyl (C=O) groups is 1. The largest absolute Gasteiger partial charge is 0.370 e. The average Bonchev–Trinajstić information content (AvgIpc) is 2.16. The molecule has 0 saturated carbocycles. The van der Waals surface area contributed by atoms with Crippen molar-refractivity contribution >= 4 is 5.91 Å². The smallest absolute Gasteiger partial charge is 0.217 e. The van der Waals surface area contributed by atoms with Gasteiger partial charge in [-0.2, -0.15) is 0 Å². The van der Waals surface area contributed by atoms with Crippen LogP contribution in [0.2, 0.25) is 0 Å². The van der Waals surface area contributed by atoms with Crippen LogP contribution in [0.3, 0.4) is 0 Å². The number of aliphatic hydroxyl groups is 2. The van der Waals surface area contributed by atoms with Crippen LogP contribution < -0.4 is 5.73 Å². The SMILES string of the molecule is NC(=O)CCC(O)(O)c1ccccc1. The summed E-state index contributed by atoms with van der Waals surface area (Å²) in [6.45, 7) is 0. The maximum absolute atomic E-state index is 10.5. The van der Waals surface area contributed by atoms with E-state index in [1.807, 2.05) is 0 Å². The maximum atomic E-state index is 10.5. The van der Waals surface area contributed by atoms with Gasteiger partial charge in [0.15, 0.2) is 5.79 Å². The van der Waals surface area contributed by atoms with Gasteiger partial charge in [0.05, 0.1) is 0 Å². The molecule has 1 rings (SSSR count). The maximum Gasteiger partial charge on any atom is 0.217 e. The van der Waals surface area contributed by atoms with Crippen molar-refractivity contribution in [3.63, 3.8) is 0 Å². The first-order valence-corrected chi connectivity index (χ1v) is 4.31. The summed E-state index contributed by atoms with van der Waals surface area (Å²) < 4.78 is 0. The Balaban J connectivity index is 2.70. The fourth-order valence-corrected chi connectivity index (χ4v) is 1.15. The van der Waals surface area contributed by atoms with E-state index in [0.29, 0.717) is 5.56 Å². The summed E-state index contributed by atoms with van der Waals surface area (Å²) in [4.78, 5) is 10.5. The van der Waals surface area contributed by atoms with Crippen LogP contribution >= 0.6 is 0 Å². The third-order valence-corrected chi connectivity index (χ3v) is 1.96. The highest BCUT2D eigenvalue weighted by Crippen LogP contribution is 2.22. The lowest BCUT2D eigenvalue weighted by Gasteiger charge is -2.21. The third kappa shape index (κ3) is 2.83. The first kappa shape index (κ1) is 10.7. The number of benzene rings is 1. The van der Waals surface area contributed by atoms with Crippen molar-refractivity contribution in [1.82, 2.24) is 0 Å². The van der Waals surface area contributed by atoms with Crippen LogP contribution in [0, 0.1) is 0 Å². The monoisotopic (exact) mass is 195 g/mol. The van der Waals surface area contributed by atoms with Crippen molar-refractivity contribution in [2.24, 2.45) is 5.73 Å². The van der Waals surface area contributed by atoms with E-state index in [4.69, 9.17) is 5.73 Å². The van der Waals surface area contributed by atoms with E-state index < -0.39 is 11.7 Å². The zero-order chi connectivity index (χ0) is 10.6. The van der Waals surface area contributed by atoms with Crippen LogP contribution in [0.1, 0.15) is 18.4 Å². The molecule has 4 N–H and O–H groups in total. The fraction of sp³-hybridized carbons (Fsp3) is 0.300. The lowest BCUT2D eigenvalue weighted by atomic mass is 10.0. The van der Waals surface area contributed by atoms with Gasteiger partial charge in [-0.25, -0.2) is 0 Å². The molecule has 0 aliphatic carbocycles. The van der Waals surface area contributed by atoms with Crippen molar-refractivity contribution in [3.05, 3.63) is 35.9 Å². The lowest BCUT2D eigenvalue weighted by Crippen LogP contribution is -2.27. The summed E-state index contributed by atoms with van der Waals surface area (Å²) in [5.74, 6) is -2.52. The number of amides is 1. The standard InChI is InChI=1S/C10H13NO3/c11-9(12)6-7-10(13,14)8-4-2-1-3-5-8/h1-5,13-14H,6-7H2,(H2,11,12). The van der Waals surface area contributed by atoms with Crippen LogP contribution in [0.25, 0.3) is 0 Å². The molecule has 1 aromatic rings. The Labute approximate surface area is 82.0 Å². The topological polar surface area (TPSA) is 83.6 Å². The summed E-state index contributed by atoms with van der Waals surface area (Å²) >= 11 is 0. The van der Waals surface area contributed by atoms with Crippen LogP contribution in [0.15, 0.2) is 30.3 Å². The molecule has 0 atom stereocenters. The summed E-state index contributed by atoms with van der Waals surface area (Å²) in [5.41, 5.74) is 5.28. The number of primary amides is 1. The number of rotatable bonds is 4. The quantitative estimate of drug-likeness (QED) is 0.595. The van der Waals surface area contributed by atoms with Gasteiger partial charge in [-0.3, -0.25) is 4.79 Å². The van der Waals surface area contributed by atoms with Gasteiger partial charge in [-0.1, -0.05) is 30.3 Å². The Morgan fingerprint density at radius 3 is 2.36 bits per heavy atom. The highest BCUT2D eigenvalue weighted by Gasteiger charge is 2.25. The first-order valence-electron chi connectivity index (χ1n) is 4.31. The molecule has 0 saturated heterocycles. The van der Waals surface area contributed by atoms with Gasteiger partial charge in [-0.05, 0) is 0 Å². The highest BCUT2D eigenvalue weighted by molar-refractivity contribution is 5.73. The van der Waals surface area contributed by atoms with Crippen molar-refractivity contribution in [2.75, 3.05) is 0 Å². The molecule has 0 aliphatic heterocycles. The van der Waals surface area contributed by atoms with Crippen LogP contribution in [0.4, 0.5) is 0 Å². The molecular formula is C10H13NO3. The van der Waals surface area contributed by atoms with Crippen molar-refractivity contribution in [2.45, 2.75) is 18.6 Å². The Morgan fingerprint density at radius 2 is 1.86 bits per heavy atom. The third-order valence-electron chi connectivity index (χ3n) is 1.96. The molecule has 76 valence electrons. The van der Waals surface area contributed by atoms with Crippen molar-refractivity contribution < 1.29 is 15.0 Å². The van der Waals surface area contributed by atoms with E-state index in [0.717, 1.165) is 0 Å². The van der Waals surface area contributed by atoms with Gasteiger partial charge in [0, 0.05) is 18.4 Å². The molecule has 4 nitrogen and oxygen atoms in total. The number of hydrogen-bond acceptors (Lipinski definition) is 3. The van der Waals surface area contributed by atoms with E-state index in [1.165, 1.54) is 0 Å². The minimum absolute atomic E-state index is 0.0537. The molecule has 0 fully saturated rings. The van der Waals surface area contributed by atoms with Crippen molar-refractivity contribution in [1.29, 1.82) is 0 Å². The van der Waals surface area contributed by atoms with Crippen molar-refractivity contribution in [3.8, 4) is 0 Å². The number of nitrogens with two attached hydrogens (primary N) is 1. The number of carbonyl (C=O) groups excluding carboxylic acids is 1. The predicted molar refractivity (Wildman–Crippen MR) is 51.0 cm³/mol. The normalized spacial score (nSPS) is 11.3. The molecule has 0 bridgehead atoms. The van der Waals surface area contributed by atoms with Crippen LogP contribution in [-0.4, -0.2) is 16.1 Å². The van der Waals surface area contributed by atoms with Gasteiger partial charge in [0.2, 0.25) is 5.91 Å². The van der Waals surface area contributed by atoms with E-state index >= 15 is 0 Å². The fourth-order valence-electron chi connectivity index (χ4n) is 1.15. The first-order chi connectivity index (χ1) is 6.52. The molecule has 14 heavy (non-hydrogen) atoms. The van der Waals surface area contributed by atoms with E-state index in [9.17, 15) is 15.0 Å².